The van der Waals surface area contributed by atoms with E-state index in [-0.39, 0.29) is 11.8 Å². The van der Waals surface area contributed by atoms with E-state index in [1.54, 1.807) is 0 Å². The molecule has 0 aliphatic carbocycles. The molecule has 1 saturated heterocycles. The number of nitrogens with zero attached hydrogens (tertiary/aromatic N) is 2. The van der Waals surface area contributed by atoms with Gasteiger partial charge in [0.2, 0.25) is 11.8 Å². The molecule has 5 heteroatoms. The van der Waals surface area contributed by atoms with Gasteiger partial charge in [-0.25, -0.2) is 0 Å². The zero-order chi connectivity index (χ0) is 18.4. The molecule has 5 nitrogen and oxygen atoms in total. The summed E-state index contributed by atoms with van der Waals surface area (Å²) >= 11 is 0. The van der Waals surface area contributed by atoms with Gasteiger partial charge in [-0.1, -0.05) is 37.3 Å². The van der Waals surface area contributed by atoms with Crippen LogP contribution in [0.25, 0.3) is 0 Å². The number of benzene rings is 2. The maximum absolute atomic E-state index is 12.1. The summed E-state index contributed by atoms with van der Waals surface area (Å²) < 4.78 is 0. The van der Waals surface area contributed by atoms with E-state index in [0.717, 1.165) is 43.1 Å². The van der Waals surface area contributed by atoms with Crippen molar-refractivity contribution in [2.24, 2.45) is 0 Å². The Morgan fingerprint density at radius 3 is 2.19 bits per heavy atom. The molecule has 2 aromatic rings. The Balaban J connectivity index is 1.52. The third-order valence-corrected chi connectivity index (χ3v) is 4.66. The third-order valence-electron chi connectivity index (χ3n) is 4.66. The molecule has 1 aliphatic rings. The van der Waals surface area contributed by atoms with Crippen molar-refractivity contribution in [3.8, 4) is 0 Å². The fourth-order valence-corrected chi connectivity index (χ4v) is 3.18. The van der Waals surface area contributed by atoms with Gasteiger partial charge in [-0.3, -0.25) is 9.59 Å². The molecule has 1 heterocycles. The number of nitrogens with one attached hydrogen (secondary N) is 1. The zero-order valence-electron chi connectivity index (χ0n) is 15.1. The summed E-state index contributed by atoms with van der Waals surface area (Å²) in [7, 11) is 0. The summed E-state index contributed by atoms with van der Waals surface area (Å²) in [6, 6.07) is 17.6. The summed E-state index contributed by atoms with van der Waals surface area (Å²) in [6.45, 7) is 5.11. The van der Waals surface area contributed by atoms with E-state index < -0.39 is 0 Å². The first-order valence-electron chi connectivity index (χ1n) is 9.12. The summed E-state index contributed by atoms with van der Waals surface area (Å²) in [4.78, 5) is 28.1. The Morgan fingerprint density at radius 2 is 1.58 bits per heavy atom. The maximum Gasteiger partial charge on any atom is 0.228 e. The van der Waals surface area contributed by atoms with E-state index in [0.29, 0.717) is 12.8 Å². The molecule has 0 unspecified atom stereocenters. The molecule has 0 atom stereocenters. The number of hydrogen-bond acceptors (Lipinski definition) is 3. The van der Waals surface area contributed by atoms with Crippen LogP contribution in [0.2, 0.25) is 0 Å². The van der Waals surface area contributed by atoms with Crippen LogP contribution in [0.1, 0.15) is 18.9 Å². The Bertz CT molecular complexity index is 736. The van der Waals surface area contributed by atoms with E-state index in [9.17, 15) is 9.59 Å². The average Bonchev–Trinajstić information content (AvgIpc) is 2.69. The van der Waals surface area contributed by atoms with Gasteiger partial charge < -0.3 is 15.1 Å². The van der Waals surface area contributed by atoms with Gasteiger partial charge >= 0.3 is 0 Å². The second kappa shape index (κ2) is 8.52. The summed E-state index contributed by atoms with van der Waals surface area (Å²) in [5, 5.41) is 2.94. The third kappa shape index (κ3) is 4.63. The van der Waals surface area contributed by atoms with Crippen LogP contribution in [0.5, 0.6) is 0 Å². The van der Waals surface area contributed by atoms with Crippen molar-refractivity contribution >= 4 is 23.2 Å². The average molecular weight is 351 g/mol. The maximum atomic E-state index is 12.1. The molecule has 0 aromatic heterocycles. The molecule has 1 fully saturated rings. The highest BCUT2D eigenvalue weighted by Gasteiger charge is 2.20. The monoisotopic (exact) mass is 351 g/mol. The quantitative estimate of drug-likeness (QED) is 0.901. The summed E-state index contributed by atoms with van der Waals surface area (Å²) in [5.41, 5.74) is 2.92. The highest BCUT2D eigenvalue weighted by atomic mass is 16.2. The van der Waals surface area contributed by atoms with Crippen molar-refractivity contribution < 1.29 is 9.59 Å². The molecule has 2 amide bonds. The fourth-order valence-electron chi connectivity index (χ4n) is 3.18. The van der Waals surface area contributed by atoms with Gasteiger partial charge in [0, 0.05) is 44.0 Å². The number of amides is 2. The highest BCUT2D eigenvalue weighted by Crippen LogP contribution is 2.20. The van der Waals surface area contributed by atoms with E-state index in [1.165, 1.54) is 0 Å². The molecular weight excluding hydrogens is 326 g/mol. The first-order valence-corrected chi connectivity index (χ1v) is 9.12. The topological polar surface area (TPSA) is 52.7 Å². The van der Waals surface area contributed by atoms with Gasteiger partial charge in [0.25, 0.3) is 0 Å². The van der Waals surface area contributed by atoms with Crippen molar-refractivity contribution in [3.05, 3.63) is 60.2 Å². The lowest BCUT2D eigenvalue weighted by molar-refractivity contribution is -0.131. The lowest BCUT2D eigenvalue weighted by Gasteiger charge is -2.36. The van der Waals surface area contributed by atoms with E-state index >= 15 is 0 Å². The molecular formula is C21H25N3O2. The minimum Gasteiger partial charge on any atom is -0.368 e. The molecule has 3 rings (SSSR count). The van der Waals surface area contributed by atoms with Crippen LogP contribution in [0, 0.1) is 0 Å². The minimum absolute atomic E-state index is 0.0179. The van der Waals surface area contributed by atoms with E-state index in [4.69, 9.17) is 0 Å². The second-order valence-electron chi connectivity index (χ2n) is 6.48. The first-order chi connectivity index (χ1) is 12.7. The molecule has 0 bridgehead atoms. The first kappa shape index (κ1) is 18.0. The highest BCUT2D eigenvalue weighted by molar-refractivity contribution is 5.92. The van der Waals surface area contributed by atoms with Crippen molar-refractivity contribution in [2.45, 2.75) is 19.8 Å². The van der Waals surface area contributed by atoms with Crippen molar-refractivity contribution in [2.75, 3.05) is 36.4 Å². The van der Waals surface area contributed by atoms with E-state index in [2.05, 4.69) is 10.2 Å². The SMILES string of the molecule is CCC(=O)N1CCN(c2ccc(NC(=O)Cc3ccccc3)cc2)CC1. The number of hydrogen-bond donors (Lipinski definition) is 1. The smallest absolute Gasteiger partial charge is 0.228 e. The predicted octanol–water partition coefficient (Wildman–Crippen LogP) is 2.93. The molecule has 1 N–H and O–H groups in total. The van der Waals surface area contributed by atoms with Gasteiger partial charge in [0.05, 0.1) is 6.42 Å². The Morgan fingerprint density at radius 1 is 0.923 bits per heavy atom. The zero-order valence-corrected chi connectivity index (χ0v) is 15.1. The number of anilines is 2. The molecule has 2 aromatic carbocycles. The number of piperazine rings is 1. The number of carbonyl (C=O) groups is 2. The van der Waals surface area contributed by atoms with E-state index in [1.807, 2.05) is 66.4 Å². The van der Waals surface area contributed by atoms with Crippen LogP contribution < -0.4 is 10.2 Å². The van der Waals surface area contributed by atoms with Crippen molar-refractivity contribution in [1.82, 2.24) is 4.90 Å². The van der Waals surface area contributed by atoms with Crippen LogP contribution in [-0.2, 0) is 16.0 Å². The Labute approximate surface area is 154 Å². The standard InChI is InChI=1S/C21H25N3O2/c1-2-21(26)24-14-12-23(13-15-24)19-10-8-18(9-11-19)22-20(25)16-17-6-4-3-5-7-17/h3-11H,2,12-16H2,1H3,(H,22,25). The van der Waals surface area contributed by atoms with Crippen molar-refractivity contribution in [3.63, 3.8) is 0 Å². The summed E-state index contributed by atoms with van der Waals surface area (Å²) in [6.07, 6.45) is 0.938. The lowest BCUT2D eigenvalue weighted by Crippen LogP contribution is -2.48. The van der Waals surface area contributed by atoms with Gasteiger partial charge in [0.1, 0.15) is 0 Å². The Hall–Kier alpha value is -2.82. The van der Waals surface area contributed by atoms with Crippen molar-refractivity contribution in [1.29, 1.82) is 0 Å². The Kier molecular flexibility index (Phi) is 5.89. The van der Waals surface area contributed by atoms with Crippen LogP contribution in [-0.4, -0.2) is 42.9 Å². The molecule has 0 saturated carbocycles. The van der Waals surface area contributed by atoms with Crippen LogP contribution in [0.15, 0.2) is 54.6 Å². The molecule has 0 spiro atoms. The predicted molar refractivity (Wildman–Crippen MR) is 104 cm³/mol. The van der Waals surface area contributed by atoms with Crippen LogP contribution >= 0.6 is 0 Å². The van der Waals surface area contributed by atoms with Gasteiger partial charge in [-0.05, 0) is 29.8 Å². The summed E-state index contributed by atoms with van der Waals surface area (Å²) in [5.74, 6) is 0.205. The normalized spacial score (nSPS) is 14.2. The molecule has 26 heavy (non-hydrogen) atoms. The molecule has 136 valence electrons. The van der Waals surface area contributed by atoms with Gasteiger partial charge in [-0.2, -0.15) is 0 Å². The second-order valence-corrected chi connectivity index (χ2v) is 6.48. The van der Waals surface area contributed by atoms with Crippen LogP contribution in [0.3, 0.4) is 0 Å². The minimum atomic E-state index is -0.0179. The lowest BCUT2D eigenvalue weighted by atomic mass is 10.1. The van der Waals surface area contributed by atoms with Crippen LogP contribution in [0.4, 0.5) is 11.4 Å². The van der Waals surface area contributed by atoms with Gasteiger partial charge in [-0.15, -0.1) is 0 Å². The molecule has 0 radical (unpaired) electrons. The largest absolute Gasteiger partial charge is 0.368 e. The van der Waals surface area contributed by atoms with Gasteiger partial charge in [0.15, 0.2) is 0 Å². The molecule has 1 aliphatic heterocycles. The fraction of sp³-hybridized carbons (Fsp3) is 0.333. The number of rotatable bonds is 5. The number of carbonyl (C=O) groups excluding carboxylic acids is 2.